The molecular weight excluding hydrogens is 306 g/mol. The van der Waals surface area contributed by atoms with Gasteiger partial charge >= 0.3 is 0 Å². The van der Waals surface area contributed by atoms with Gasteiger partial charge in [-0.05, 0) is 31.0 Å². The number of pyridine rings is 1. The molecule has 0 bridgehead atoms. The average molecular weight is 325 g/mol. The van der Waals surface area contributed by atoms with Crippen molar-refractivity contribution in [2.75, 3.05) is 0 Å². The average Bonchev–Trinajstić information content (AvgIpc) is 3.29. The molecule has 0 unspecified atom stereocenters. The van der Waals surface area contributed by atoms with Crippen LogP contribution >= 0.6 is 0 Å². The zero-order valence-corrected chi connectivity index (χ0v) is 13.3. The van der Waals surface area contributed by atoms with Crippen LogP contribution < -0.4 is 5.32 Å². The molecule has 24 heavy (non-hydrogen) atoms. The Morgan fingerprint density at radius 1 is 1.25 bits per heavy atom. The van der Waals surface area contributed by atoms with Crippen LogP contribution in [0.4, 0.5) is 0 Å². The third-order valence-corrected chi connectivity index (χ3v) is 4.51. The van der Waals surface area contributed by atoms with E-state index >= 15 is 0 Å². The Hall–Kier alpha value is -2.70. The number of amides is 1. The highest BCUT2D eigenvalue weighted by atomic mass is 16.5. The van der Waals surface area contributed by atoms with Crippen molar-refractivity contribution < 1.29 is 9.32 Å². The second-order valence-electron chi connectivity index (χ2n) is 6.14. The number of nitrogens with zero attached hydrogens (tertiary/aromatic N) is 4. The van der Waals surface area contributed by atoms with Crippen LogP contribution in [0, 0.1) is 0 Å². The molecule has 3 heterocycles. The summed E-state index contributed by atoms with van der Waals surface area (Å²) in [6, 6.07) is 7.32. The highest BCUT2D eigenvalue weighted by Crippen LogP contribution is 2.30. The number of aromatic nitrogens is 4. The lowest BCUT2D eigenvalue weighted by molar-refractivity contribution is 0.0939. The van der Waals surface area contributed by atoms with E-state index in [1.54, 1.807) is 16.8 Å². The van der Waals surface area contributed by atoms with Crippen molar-refractivity contribution in [2.24, 2.45) is 0 Å². The van der Waals surface area contributed by atoms with Crippen molar-refractivity contribution in [2.45, 2.75) is 44.6 Å². The van der Waals surface area contributed by atoms with Gasteiger partial charge in [0, 0.05) is 5.92 Å². The molecule has 3 aromatic heterocycles. The fourth-order valence-corrected chi connectivity index (χ4v) is 3.23. The Morgan fingerprint density at radius 2 is 2.12 bits per heavy atom. The molecule has 4 rings (SSSR count). The zero-order chi connectivity index (χ0) is 16.4. The lowest BCUT2D eigenvalue weighted by Gasteiger charge is -2.17. The van der Waals surface area contributed by atoms with Crippen molar-refractivity contribution in [3.05, 3.63) is 47.9 Å². The smallest absolute Gasteiger partial charge is 0.270 e. The Morgan fingerprint density at radius 3 is 3.00 bits per heavy atom. The number of carbonyl (C=O) groups is 1. The molecule has 0 aliphatic heterocycles. The molecule has 0 radical (unpaired) electrons. The molecule has 1 aliphatic rings. The summed E-state index contributed by atoms with van der Waals surface area (Å²) >= 11 is 0. The third kappa shape index (κ3) is 2.89. The Kier molecular flexibility index (Phi) is 3.98. The molecule has 7 nitrogen and oxygen atoms in total. The number of nitrogens with one attached hydrogen (secondary N) is 1. The summed E-state index contributed by atoms with van der Waals surface area (Å²) in [7, 11) is 0. The highest BCUT2D eigenvalue weighted by Gasteiger charge is 2.21. The van der Waals surface area contributed by atoms with E-state index in [0.29, 0.717) is 17.5 Å². The molecule has 0 spiro atoms. The van der Waals surface area contributed by atoms with E-state index in [-0.39, 0.29) is 12.5 Å². The minimum atomic E-state index is -0.221. The first kappa shape index (κ1) is 14.9. The number of carbonyl (C=O) groups excluding carboxylic acids is 1. The van der Waals surface area contributed by atoms with Crippen molar-refractivity contribution in [1.29, 1.82) is 0 Å². The summed E-state index contributed by atoms with van der Waals surface area (Å²) in [5, 5.41) is 11.1. The number of hydrogen-bond donors (Lipinski definition) is 1. The van der Waals surface area contributed by atoms with Crippen molar-refractivity contribution in [3.8, 4) is 0 Å². The molecule has 1 fully saturated rings. The van der Waals surface area contributed by atoms with Crippen molar-refractivity contribution in [1.82, 2.24) is 25.1 Å². The van der Waals surface area contributed by atoms with Gasteiger partial charge in [0.1, 0.15) is 5.69 Å². The molecule has 0 aromatic carbocycles. The van der Waals surface area contributed by atoms with E-state index in [1.165, 1.54) is 19.3 Å². The van der Waals surface area contributed by atoms with E-state index < -0.39 is 0 Å². The summed E-state index contributed by atoms with van der Waals surface area (Å²) in [5.41, 5.74) is 1.35. The number of hydrogen-bond acceptors (Lipinski definition) is 5. The van der Waals surface area contributed by atoms with Crippen LogP contribution in [0.25, 0.3) is 5.52 Å². The zero-order valence-electron chi connectivity index (χ0n) is 13.3. The fraction of sp³-hybridized carbons (Fsp3) is 0.412. The van der Waals surface area contributed by atoms with Crippen LogP contribution in [0.3, 0.4) is 0 Å². The van der Waals surface area contributed by atoms with Gasteiger partial charge in [-0.25, -0.2) is 4.52 Å². The van der Waals surface area contributed by atoms with Crippen molar-refractivity contribution >= 4 is 11.4 Å². The Bertz CT molecular complexity index is 847. The topological polar surface area (TPSA) is 85.3 Å². The Balaban J connectivity index is 1.42. The van der Waals surface area contributed by atoms with E-state index in [4.69, 9.17) is 4.52 Å². The Labute approximate surface area is 139 Å². The molecule has 7 heteroatoms. The predicted molar refractivity (Wildman–Crippen MR) is 86.5 cm³/mol. The second-order valence-corrected chi connectivity index (χ2v) is 6.14. The van der Waals surface area contributed by atoms with Gasteiger partial charge in [-0.15, -0.1) is 0 Å². The monoisotopic (exact) mass is 325 g/mol. The molecule has 1 saturated carbocycles. The maximum Gasteiger partial charge on any atom is 0.270 e. The second kappa shape index (κ2) is 6.43. The summed E-state index contributed by atoms with van der Waals surface area (Å²) in [6.45, 7) is 0.218. The molecule has 0 atom stereocenters. The predicted octanol–water partition coefficient (Wildman–Crippen LogP) is 2.70. The van der Waals surface area contributed by atoms with Gasteiger partial charge in [0.2, 0.25) is 5.89 Å². The molecule has 3 aromatic rings. The van der Waals surface area contributed by atoms with Crippen LogP contribution in [0.15, 0.2) is 35.0 Å². The molecule has 1 N–H and O–H groups in total. The van der Waals surface area contributed by atoms with E-state index in [1.807, 2.05) is 18.2 Å². The van der Waals surface area contributed by atoms with Gasteiger partial charge in [-0.2, -0.15) is 10.1 Å². The van der Waals surface area contributed by atoms with Gasteiger partial charge in [-0.3, -0.25) is 4.79 Å². The van der Waals surface area contributed by atoms with E-state index in [2.05, 4.69) is 20.6 Å². The lowest BCUT2D eigenvalue weighted by Crippen LogP contribution is -2.25. The number of rotatable bonds is 4. The number of fused-ring (bicyclic) bond motifs is 1. The summed E-state index contributed by atoms with van der Waals surface area (Å²) < 4.78 is 6.89. The van der Waals surface area contributed by atoms with Crippen LogP contribution in [-0.2, 0) is 6.54 Å². The molecular formula is C17H19N5O2. The standard InChI is InChI=1S/C17H19N5O2/c23-17(14-8-4-7-13-9-10-19-22(13)14)18-11-15-20-16(21-24-15)12-5-2-1-3-6-12/h4,7-10,12H,1-3,5-6,11H2,(H,18,23). The normalized spacial score (nSPS) is 15.7. The maximum absolute atomic E-state index is 12.4. The molecule has 0 saturated heterocycles. The highest BCUT2D eigenvalue weighted by molar-refractivity contribution is 5.93. The molecule has 1 amide bonds. The van der Waals surface area contributed by atoms with Gasteiger partial charge in [-0.1, -0.05) is 30.5 Å². The third-order valence-electron chi connectivity index (χ3n) is 4.51. The van der Waals surface area contributed by atoms with Gasteiger partial charge in [0.15, 0.2) is 5.82 Å². The SMILES string of the molecule is O=C(NCc1nc(C2CCCCC2)no1)c1cccc2ccnn12. The van der Waals surface area contributed by atoms with E-state index in [9.17, 15) is 4.79 Å². The van der Waals surface area contributed by atoms with Crippen LogP contribution in [0.2, 0.25) is 0 Å². The first-order chi connectivity index (χ1) is 11.8. The summed E-state index contributed by atoms with van der Waals surface area (Å²) in [4.78, 5) is 16.8. The minimum absolute atomic E-state index is 0.218. The van der Waals surface area contributed by atoms with E-state index in [0.717, 1.165) is 24.2 Å². The van der Waals surface area contributed by atoms with Crippen LogP contribution in [0.1, 0.15) is 60.2 Å². The lowest BCUT2D eigenvalue weighted by atomic mass is 9.89. The molecule has 124 valence electrons. The van der Waals surface area contributed by atoms with Gasteiger partial charge in [0.05, 0.1) is 18.3 Å². The summed E-state index contributed by atoms with van der Waals surface area (Å²) in [6.07, 6.45) is 7.63. The quantitative estimate of drug-likeness (QED) is 0.797. The molecule has 1 aliphatic carbocycles. The van der Waals surface area contributed by atoms with Crippen molar-refractivity contribution in [3.63, 3.8) is 0 Å². The van der Waals surface area contributed by atoms with Crippen LogP contribution in [-0.4, -0.2) is 25.7 Å². The minimum Gasteiger partial charge on any atom is -0.342 e. The maximum atomic E-state index is 12.4. The van der Waals surface area contributed by atoms with Gasteiger partial charge in [0.25, 0.3) is 5.91 Å². The first-order valence-electron chi connectivity index (χ1n) is 8.35. The fourth-order valence-electron chi connectivity index (χ4n) is 3.23. The van der Waals surface area contributed by atoms with Gasteiger partial charge < -0.3 is 9.84 Å². The largest absolute Gasteiger partial charge is 0.342 e. The van der Waals surface area contributed by atoms with Crippen LogP contribution in [0.5, 0.6) is 0 Å². The summed E-state index contributed by atoms with van der Waals surface area (Å²) in [5.74, 6) is 1.39. The first-order valence-corrected chi connectivity index (χ1v) is 8.35.